The minimum Gasteiger partial charge on any atom is -0.495 e. The number of rotatable bonds is 4. The zero-order valence-corrected chi connectivity index (χ0v) is 19.3. The van der Waals surface area contributed by atoms with E-state index in [2.05, 4.69) is 10.2 Å². The van der Waals surface area contributed by atoms with E-state index in [1.165, 1.54) is 25.3 Å². The Labute approximate surface area is 201 Å². The summed E-state index contributed by atoms with van der Waals surface area (Å²) in [5.74, 6) is -2.74. The Morgan fingerprint density at radius 1 is 1.20 bits per heavy atom. The molecule has 4 aliphatic heterocycles. The second kappa shape index (κ2) is 7.35. The quantitative estimate of drug-likeness (QED) is 0.409. The van der Waals surface area contributed by atoms with Crippen LogP contribution in [0.4, 0.5) is 17.1 Å². The number of carbonyl (C=O) groups is 3. The standard InChI is InChI=1S/C25H24N4O6/c1-3-13-6-4-7-15-21(13)26-24(32)25(15)20-19(16-8-5-11-27(16)25)22(30)28(23(20)31)17-12-14(29(33)34)9-10-18(17)35-2/h4,6-7,9-10,12,16,19-20H,3,5,8,11H2,1-2H3,(H,26,32)/t16-,19+,20-,25+/m0/s1. The molecule has 4 atom stereocenters. The first-order valence-corrected chi connectivity index (χ1v) is 11.8. The van der Waals surface area contributed by atoms with E-state index in [1.54, 1.807) is 0 Å². The fraction of sp³-hybridized carbons (Fsp3) is 0.400. The summed E-state index contributed by atoms with van der Waals surface area (Å²) in [4.78, 5) is 55.8. The zero-order chi connectivity index (χ0) is 24.6. The molecule has 4 heterocycles. The highest BCUT2D eigenvalue weighted by atomic mass is 16.6. The van der Waals surface area contributed by atoms with Gasteiger partial charge in [-0.05, 0) is 37.4 Å². The number of nitro groups is 1. The summed E-state index contributed by atoms with van der Waals surface area (Å²) in [6.07, 6.45) is 2.21. The van der Waals surface area contributed by atoms with Gasteiger partial charge in [-0.2, -0.15) is 0 Å². The van der Waals surface area contributed by atoms with Crippen molar-refractivity contribution in [1.29, 1.82) is 0 Å². The van der Waals surface area contributed by atoms with Gasteiger partial charge in [0.25, 0.3) is 5.69 Å². The van der Waals surface area contributed by atoms with Crippen molar-refractivity contribution in [3.05, 3.63) is 57.6 Å². The molecule has 3 amide bonds. The molecule has 0 unspecified atom stereocenters. The van der Waals surface area contributed by atoms with Gasteiger partial charge in [-0.1, -0.05) is 25.1 Å². The van der Waals surface area contributed by atoms with Crippen LogP contribution in [0, 0.1) is 22.0 Å². The summed E-state index contributed by atoms with van der Waals surface area (Å²) >= 11 is 0. The number of aryl methyl sites for hydroxylation is 1. The van der Waals surface area contributed by atoms with E-state index >= 15 is 0 Å². The lowest BCUT2D eigenvalue weighted by Crippen LogP contribution is -2.54. The molecule has 3 fully saturated rings. The van der Waals surface area contributed by atoms with Crippen LogP contribution in [0.1, 0.15) is 30.9 Å². The third kappa shape index (κ3) is 2.54. The van der Waals surface area contributed by atoms with Crippen LogP contribution in [0.25, 0.3) is 0 Å². The van der Waals surface area contributed by atoms with Gasteiger partial charge in [0.05, 0.1) is 23.9 Å². The number of hydrogen-bond donors (Lipinski definition) is 1. The zero-order valence-electron chi connectivity index (χ0n) is 19.3. The maximum Gasteiger partial charge on any atom is 0.271 e. The number of carbonyl (C=O) groups excluding carboxylic acids is 3. The Kier molecular flexibility index (Phi) is 4.56. The normalized spacial score (nSPS) is 28.9. The van der Waals surface area contributed by atoms with E-state index < -0.39 is 34.1 Å². The lowest BCUT2D eigenvalue weighted by molar-refractivity contribution is -0.384. The largest absolute Gasteiger partial charge is 0.495 e. The average Bonchev–Trinajstić information content (AvgIpc) is 3.56. The van der Waals surface area contributed by atoms with E-state index in [9.17, 15) is 24.5 Å². The molecule has 180 valence electrons. The molecule has 0 bridgehead atoms. The van der Waals surface area contributed by atoms with E-state index in [-0.39, 0.29) is 29.1 Å². The highest BCUT2D eigenvalue weighted by molar-refractivity contribution is 6.26. The monoisotopic (exact) mass is 476 g/mol. The molecular formula is C25H24N4O6. The van der Waals surface area contributed by atoms with Crippen LogP contribution in [0.3, 0.4) is 0 Å². The molecule has 0 aromatic heterocycles. The highest BCUT2D eigenvalue weighted by Crippen LogP contribution is 2.61. The van der Waals surface area contributed by atoms with Gasteiger partial charge in [-0.15, -0.1) is 0 Å². The summed E-state index contributed by atoms with van der Waals surface area (Å²) in [5, 5.41) is 14.5. The van der Waals surface area contributed by atoms with Crippen LogP contribution in [0.15, 0.2) is 36.4 Å². The number of nitro benzene ring substituents is 1. The lowest BCUT2D eigenvalue weighted by atomic mass is 9.75. The molecule has 0 aliphatic carbocycles. The van der Waals surface area contributed by atoms with Gasteiger partial charge in [0.15, 0.2) is 0 Å². The molecule has 1 spiro atoms. The fourth-order valence-corrected chi connectivity index (χ4v) is 6.79. The number of nitrogens with one attached hydrogen (secondary N) is 1. The minimum atomic E-state index is -1.29. The van der Waals surface area contributed by atoms with Crippen molar-refractivity contribution in [2.75, 3.05) is 23.9 Å². The first-order chi connectivity index (χ1) is 16.9. The Morgan fingerprint density at radius 2 is 2.00 bits per heavy atom. The van der Waals surface area contributed by atoms with Crippen molar-refractivity contribution in [3.63, 3.8) is 0 Å². The second-order valence-corrected chi connectivity index (χ2v) is 9.45. The van der Waals surface area contributed by atoms with Crippen molar-refractivity contribution >= 4 is 34.8 Å². The summed E-state index contributed by atoms with van der Waals surface area (Å²) in [6.45, 7) is 2.62. The van der Waals surface area contributed by atoms with Gasteiger partial charge < -0.3 is 10.1 Å². The Bertz CT molecular complexity index is 1330. The van der Waals surface area contributed by atoms with Gasteiger partial charge in [0.2, 0.25) is 17.7 Å². The molecular weight excluding hydrogens is 452 g/mol. The van der Waals surface area contributed by atoms with Crippen molar-refractivity contribution in [2.45, 2.75) is 37.8 Å². The number of anilines is 2. The molecule has 0 radical (unpaired) electrons. The number of benzene rings is 2. The van der Waals surface area contributed by atoms with Crippen molar-refractivity contribution in [3.8, 4) is 5.75 Å². The van der Waals surface area contributed by atoms with Gasteiger partial charge in [-0.3, -0.25) is 29.4 Å². The molecule has 0 saturated carbocycles. The smallest absolute Gasteiger partial charge is 0.271 e. The van der Waals surface area contributed by atoms with Crippen LogP contribution >= 0.6 is 0 Å². The summed E-state index contributed by atoms with van der Waals surface area (Å²) in [6, 6.07) is 9.28. The predicted molar refractivity (Wildman–Crippen MR) is 125 cm³/mol. The summed E-state index contributed by atoms with van der Waals surface area (Å²) in [5.41, 5.74) is 0.912. The molecule has 6 rings (SSSR count). The van der Waals surface area contributed by atoms with E-state index in [0.717, 1.165) is 28.1 Å². The molecule has 2 aromatic carbocycles. The predicted octanol–water partition coefficient (Wildman–Crippen LogP) is 2.60. The van der Waals surface area contributed by atoms with Gasteiger partial charge in [-0.25, -0.2) is 4.90 Å². The number of para-hydroxylation sites is 1. The van der Waals surface area contributed by atoms with E-state index in [1.807, 2.05) is 25.1 Å². The number of amides is 3. The number of methoxy groups -OCH3 is 1. The number of nitrogens with zero attached hydrogens (tertiary/aromatic N) is 3. The number of ether oxygens (including phenoxy) is 1. The molecule has 10 heteroatoms. The van der Waals surface area contributed by atoms with Crippen LogP contribution in [0.2, 0.25) is 0 Å². The van der Waals surface area contributed by atoms with E-state index in [0.29, 0.717) is 19.4 Å². The van der Waals surface area contributed by atoms with Crippen LogP contribution in [0.5, 0.6) is 5.75 Å². The number of fused-ring (bicyclic) bond motifs is 7. The SMILES string of the molecule is CCc1cccc2c1NC(=O)[C@]21[C@@H]2C(=O)N(c3cc([N+](=O)[O-])ccc3OC)C(=O)[C@@H]2[C@@H]2CCCN21. The van der Waals surface area contributed by atoms with E-state index in [4.69, 9.17) is 4.74 Å². The molecule has 1 N–H and O–H groups in total. The first-order valence-electron chi connectivity index (χ1n) is 11.8. The fourth-order valence-electron chi connectivity index (χ4n) is 6.79. The number of imide groups is 1. The molecule has 2 aromatic rings. The Morgan fingerprint density at radius 3 is 2.71 bits per heavy atom. The molecule has 4 aliphatic rings. The van der Waals surface area contributed by atoms with Crippen molar-refractivity contribution in [1.82, 2.24) is 4.90 Å². The minimum absolute atomic E-state index is 0.0340. The average molecular weight is 476 g/mol. The van der Waals surface area contributed by atoms with Gasteiger partial charge >= 0.3 is 0 Å². The number of hydrogen-bond acceptors (Lipinski definition) is 7. The second-order valence-electron chi connectivity index (χ2n) is 9.45. The first kappa shape index (κ1) is 21.7. The van der Waals surface area contributed by atoms with Crippen LogP contribution < -0.4 is 15.0 Å². The Balaban J connectivity index is 1.55. The van der Waals surface area contributed by atoms with Crippen LogP contribution in [-0.4, -0.2) is 47.2 Å². The van der Waals surface area contributed by atoms with Gasteiger partial charge in [0, 0.05) is 29.4 Å². The number of non-ortho nitro benzene ring substituents is 1. The van der Waals surface area contributed by atoms with Crippen LogP contribution in [-0.2, 0) is 26.3 Å². The molecule has 10 nitrogen and oxygen atoms in total. The Hall–Kier alpha value is -3.79. The van der Waals surface area contributed by atoms with Crippen molar-refractivity contribution in [2.24, 2.45) is 11.8 Å². The summed E-state index contributed by atoms with van der Waals surface area (Å²) < 4.78 is 5.36. The van der Waals surface area contributed by atoms with Gasteiger partial charge in [0.1, 0.15) is 17.0 Å². The maximum absolute atomic E-state index is 14.1. The topological polar surface area (TPSA) is 122 Å². The maximum atomic E-state index is 14.1. The highest BCUT2D eigenvalue weighted by Gasteiger charge is 2.74. The third-order valence-electron chi connectivity index (χ3n) is 8.11. The van der Waals surface area contributed by atoms with Crippen molar-refractivity contribution < 1.29 is 24.0 Å². The third-order valence-corrected chi connectivity index (χ3v) is 8.11. The summed E-state index contributed by atoms with van der Waals surface area (Å²) in [7, 11) is 1.38. The molecule has 3 saturated heterocycles. The molecule has 35 heavy (non-hydrogen) atoms. The lowest BCUT2D eigenvalue weighted by Gasteiger charge is -2.36.